The lowest BCUT2D eigenvalue weighted by Crippen LogP contribution is -2.42. The van der Waals surface area contributed by atoms with Gasteiger partial charge in [0.1, 0.15) is 0 Å². The monoisotopic (exact) mass is 312 g/mol. The van der Waals surface area contributed by atoms with Crippen molar-refractivity contribution < 1.29 is 14.3 Å². The Morgan fingerprint density at radius 1 is 1.17 bits per heavy atom. The zero-order valence-corrected chi connectivity index (χ0v) is 13.0. The summed E-state index contributed by atoms with van der Waals surface area (Å²) in [6.45, 7) is 2.16. The average Bonchev–Trinajstić information content (AvgIpc) is 3.03. The molecular weight excluding hydrogens is 292 g/mol. The predicted octanol–water partition coefficient (Wildman–Crippen LogP) is 2.16. The standard InChI is InChI=1S/C18H20N2O3/c1-12(14-7-8-16-17(10-14)23-11-22-16)20-18(21)15(19)9-13-5-3-2-4-6-13/h2-8,10,12,15H,9,11,19H2,1H3,(H,20,21)/t12?,15-/m0/s1. The highest BCUT2D eigenvalue weighted by atomic mass is 16.7. The number of nitrogens with one attached hydrogen (secondary N) is 1. The number of benzene rings is 2. The second-order valence-electron chi connectivity index (χ2n) is 5.64. The topological polar surface area (TPSA) is 73.6 Å². The molecule has 0 saturated heterocycles. The van der Waals surface area contributed by atoms with E-state index in [-0.39, 0.29) is 18.7 Å². The van der Waals surface area contributed by atoms with E-state index in [2.05, 4.69) is 5.32 Å². The minimum atomic E-state index is -0.575. The van der Waals surface area contributed by atoms with Gasteiger partial charge in [-0.15, -0.1) is 0 Å². The highest BCUT2D eigenvalue weighted by molar-refractivity contribution is 5.82. The van der Waals surface area contributed by atoms with Gasteiger partial charge in [-0.05, 0) is 36.6 Å². The molecule has 120 valence electrons. The lowest BCUT2D eigenvalue weighted by molar-refractivity contribution is -0.123. The first kappa shape index (κ1) is 15.4. The first-order chi connectivity index (χ1) is 11.1. The molecule has 0 saturated carbocycles. The van der Waals surface area contributed by atoms with E-state index < -0.39 is 6.04 Å². The van der Waals surface area contributed by atoms with Crippen LogP contribution in [0.2, 0.25) is 0 Å². The van der Waals surface area contributed by atoms with Crippen LogP contribution in [0.1, 0.15) is 24.1 Å². The molecule has 0 spiro atoms. The maximum absolute atomic E-state index is 12.3. The Hall–Kier alpha value is -2.53. The average molecular weight is 312 g/mol. The molecule has 0 aromatic heterocycles. The van der Waals surface area contributed by atoms with Gasteiger partial charge in [-0.3, -0.25) is 4.79 Å². The minimum Gasteiger partial charge on any atom is -0.454 e. The fourth-order valence-corrected chi connectivity index (χ4v) is 2.55. The Balaban J connectivity index is 1.60. The largest absolute Gasteiger partial charge is 0.454 e. The van der Waals surface area contributed by atoms with Crippen LogP contribution in [-0.4, -0.2) is 18.7 Å². The molecule has 1 heterocycles. The number of ether oxygens (including phenoxy) is 2. The number of rotatable bonds is 5. The summed E-state index contributed by atoms with van der Waals surface area (Å²) in [5.74, 6) is 1.27. The van der Waals surface area contributed by atoms with Crippen LogP contribution in [0, 0.1) is 0 Å². The summed E-state index contributed by atoms with van der Waals surface area (Å²) in [5.41, 5.74) is 8.01. The van der Waals surface area contributed by atoms with Crippen molar-refractivity contribution in [2.45, 2.75) is 25.4 Å². The maximum atomic E-state index is 12.3. The number of hydrogen-bond acceptors (Lipinski definition) is 4. The summed E-state index contributed by atoms with van der Waals surface area (Å²) in [5, 5.41) is 2.95. The van der Waals surface area contributed by atoms with Gasteiger partial charge in [0.05, 0.1) is 12.1 Å². The third-order valence-corrected chi connectivity index (χ3v) is 3.89. The lowest BCUT2D eigenvalue weighted by atomic mass is 10.0. The SMILES string of the molecule is CC(NC(=O)[C@@H](N)Cc1ccccc1)c1ccc2c(c1)OCO2. The molecule has 1 amide bonds. The van der Waals surface area contributed by atoms with Crippen LogP contribution >= 0.6 is 0 Å². The van der Waals surface area contributed by atoms with Gasteiger partial charge in [0.15, 0.2) is 11.5 Å². The van der Waals surface area contributed by atoms with E-state index in [4.69, 9.17) is 15.2 Å². The smallest absolute Gasteiger partial charge is 0.237 e. The molecule has 1 unspecified atom stereocenters. The number of carbonyl (C=O) groups excluding carboxylic acids is 1. The van der Waals surface area contributed by atoms with Crippen LogP contribution in [0.4, 0.5) is 0 Å². The van der Waals surface area contributed by atoms with Crippen LogP contribution in [0.25, 0.3) is 0 Å². The molecule has 1 aliphatic rings. The van der Waals surface area contributed by atoms with Gasteiger partial charge in [0, 0.05) is 0 Å². The van der Waals surface area contributed by atoms with Gasteiger partial charge >= 0.3 is 0 Å². The van der Waals surface area contributed by atoms with Crippen LogP contribution in [0.5, 0.6) is 11.5 Å². The molecule has 0 bridgehead atoms. The molecule has 5 nitrogen and oxygen atoms in total. The summed E-state index contributed by atoms with van der Waals surface area (Å²) in [7, 11) is 0. The van der Waals surface area contributed by atoms with Gasteiger partial charge in [-0.25, -0.2) is 0 Å². The molecule has 0 radical (unpaired) electrons. The number of carbonyl (C=O) groups is 1. The Labute approximate surface area is 135 Å². The molecular formula is C18H20N2O3. The van der Waals surface area contributed by atoms with Gasteiger partial charge < -0.3 is 20.5 Å². The van der Waals surface area contributed by atoms with E-state index in [1.807, 2.05) is 55.5 Å². The van der Waals surface area contributed by atoms with Gasteiger partial charge in [0.2, 0.25) is 12.7 Å². The molecule has 23 heavy (non-hydrogen) atoms. The fourth-order valence-electron chi connectivity index (χ4n) is 2.55. The Kier molecular flexibility index (Phi) is 4.48. The van der Waals surface area contributed by atoms with Crippen molar-refractivity contribution >= 4 is 5.91 Å². The van der Waals surface area contributed by atoms with Crippen LogP contribution in [-0.2, 0) is 11.2 Å². The van der Waals surface area contributed by atoms with Crippen molar-refractivity contribution in [2.24, 2.45) is 5.73 Å². The third kappa shape index (κ3) is 3.63. The summed E-state index contributed by atoms with van der Waals surface area (Å²) in [4.78, 5) is 12.3. The second-order valence-corrected chi connectivity index (χ2v) is 5.64. The summed E-state index contributed by atoms with van der Waals surface area (Å²) < 4.78 is 10.7. The highest BCUT2D eigenvalue weighted by Gasteiger charge is 2.19. The number of fused-ring (bicyclic) bond motifs is 1. The van der Waals surface area contributed by atoms with E-state index in [0.717, 1.165) is 16.9 Å². The number of amides is 1. The summed E-state index contributed by atoms with van der Waals surface area (Å²) in [6.07, 6.45) is 0.514. The summed E-state index contributed by atoms with van der Waals surface area (Å²) >= 11 is 0. The number of nitrogens with two attached hydrogens (primary N) is 1. The van der Waals surface area contributed by atoms with E-state index in [0.29, 0.717) is 12.2 Å². The Bertz CT molecular complexity index is 688. The van der Waals surface area contributed by atoms with Crippen molar-refractivity contribution in [1.29, 1.82) is 0 Å². The highest BCUT2D eigenvalue weighted by Crippen LogP contribution is 2.34. The molecule has 5 heteroatoms. The van der Waals surface area contributed by atoms with Gasteiger partial charge in [0.25, 0.3) is 0 Å². The van der Waals surface area contributed by atoms with E-state index >= 15 is 0 Å². The molecule has 2 atom stereocenters. The molecule has 2 aromatic carbocycles. The molecule has 1 aliphatic heterocycles. The lowest BCUT2D eigenvalue weighted by Gasteiger charge is -2.18. The van der Waals surface area contributed by atoms with Crippen molar-refractivity contribution in [2.75, 3.05) is 6.79 Å². The van der Waals surface area contributed by atoms with Crippen LogP contribution in [0.3, 0.4) is 0 Å². The Morgan fingerprint density at radius 3 is 2.70 bits per heavy atom. The van der Waals surface area contributed by atoms with E-state index in [1.54, 1.807) is 0 Å². The van der Waals surface area contributed by atoms with Gasteiger partial charge in [-0.1, -0.05) is 36.4 Å². The first-order valence-corrected chi connectivity index (χ1v) is 7.63. The molecule has 0 fully saturated rings. The molecule has 2 aromatic rings. The number of hydrogen-bond donors (Lipinski definition) is 2. The molecule has 0 aliphatic carbocycles. The quantitative estimate of drug-likeness (QED) is 0.887. The zero-order chi connectivity index (χ0) is 16.2. The third-order valence-electron chi connectivity index (χ3n) is 3.89. The maximum Gasteiger partial charge on any atom is 0.237 e. The second kappa shape index (κ2) is 6.71. The molecule has 3 rings (SSSR count). The van der Waals surface area contributed by atoms with E-state index in [1.165, 1.54) is 0 Å². The van der Waals surface area contributed by atoms with Crippen LogP contribution < -0.4 is 20.5 Å². The van der Waals surface area contributed by atoms with Crippen molar-refractivity contribution in [3.05, 3.63) is 59.7 Å². The van der Waals surface area contributed by atoms with Crippen LogP contribution in [0.15, 0.2) is 48.5 Å². The minimum absolute atomic E-state index is 0.154. The summed E-state index contributed by atoms with van der Waals surface area (Å²) in [6, 6.07) is 14.7. The fraction of sp³-hybridized carbons (Fsp3) is 0.278. The van der Waals surface area contributed by atoms with Crippen molar-refractivity contribution in [3.8, 4) is 11.5 Å². The normalized spacial score (nSPS) is 15.0. The molecule has 3 N–H and O–H groups in total. The van der Waals surface area contributed by atoms with E-state index in [9.17, 15) is 4.79 Å². The van der Waals surface area contributed by atoms with Gasteiger partial charge in [-0.2, -0.15) is 0 Å². The zero-order valence-electron chi connectivity index (χ0n) is 13.0. The van der Waals surface area contributed by atoms with Crippen molar-refractivity contribution in [1.82, 2.24) is 5.32 Å². The van der Waals surface area contributed by atoms with Crippen molar-refractivity contribution in [3.63, 3.8) is 0 Å². The predicted molar refractivity (Wildman–Crippen MR) is 87.2 cm³/mol. The Morgan fingerprint density at radius 2 is 1.91 bits per heavy atom. The first-order valence-electron chi connectivity index (χ1n) is 7.63.